The molecule has 0 N–H and O–H groups in total. The lowest BCUT2D eigenvalue weighted by Gasteiger charge is -2.29. The largest absolute Gasteiger partial charge is 0.194 e. The molecule has 0 amide bonds. The van der Waals surface area contributed by atoms with E-state index in [1.54, 1.807) is 0 Å². The zero-order valence-corrected chi connectivity index (χ0v) is 19.4. The maximum Gasteiger partial charge on any atom is 0.0798 e. The van der Waals surface area contributed by atoms with Gasteiger partial charge in [-0.2, -0.15) is 4.99 Å². The number of benzene rings is 2. The van der Waals surface area contributed by atoms with E-state index in [1.165, 1.54) is 56.9 Å². The summed E-state index contributed by atoms with van der Waals surface area (Å²) in [5.74, 6) is 8.31. The third-order valence-corrected chi connectivity index (χ3v) is 6.54. The van der Waals surface area contributed by atoms with Gasteiger partial charge < -0.3 is 0 Å². The van der Waals surface area contributed by atoms with E-state index in [0.29, 0.717) is 0 Å². The first kappa shape index (κ1) is 22.5. The van der Waals surface area contributed by atoms with E-state index >= 15 is 0 Å². The maximum atomic E-state index is 4.74. The minimum Gasteiger partial charge on any atom is -0.194 e. The molecule has 1 aliphatic rings. The normalized spacial score (nSPS) is 18.2. The highest BCUT2D eigenvalue weighted by atomic mass is 32.1. The first-order valence-corrected chi connectivity index (χ1v) is 11.8. The van der Waals surface area contributed by atoms with Crippen molar-refractivity contribution in [2.24, 2.45) is 10.9 Å². The van der Waals surface area contributed by atoms with Crippen molar-refractivity contribution in [3.05, 3.63) is 64.2 Å². The predicted molar refractivity (Wildman–Crippen MR) is 132 cm³/mol. The SMILES string of the molecule is CCCCCC1CCC(c2ccc(C#Cc3cc(C)c(N=C=S)c(C)c3)cc2)CC1. The summed E-state index contributed by atoms with van der Waals surface area (Å²) < 4.78 is 0. The van der Waals surface area contributed by atoms with Crippen molar-refractivity contribution in [1.29, 1.82) is 0 Å². The van der Waals surface area contributed by atoms with Crippen molar-refractivity contribution in [3.63, 3.8) is 0 Å². The van der Waals surface area contributed by atoms with Crippen molar-refractivity contribution in [2.75, 3.05) is 0 Å². The van der Waals surface area contributed by atoms with Crippen molar-refractivity contribution in [1.82, 2.24) is 0 Å². The molecule has 2 aromatic carbocycles. The fraction of sp³-hybridized carbons (Fsp3) is 0.464. The van der Waals surface area contributed by atoms with Crippen LogP contribution in [0.4, 0.5) is 5.69 Å². The van der Waals surface area contributed by atoms with Gasteiger partial charge in [0.25, 0.3) is 0 Å². The van der Waals surface area contributed by atoms with Crippen LogP contribution in [0.2, 0.25) is 0 Å². The highest BCUT2D eigenvalue weighted by Gasteiger charge is 2.21. The summed E-state index contributed by atoms with van der Waals surface area (Å²) in [6.07, 6.45) is 11.1. The topological polar surface area (TPSA) is 12.4 Å². The van der Waals surface area contributed by atoms with Crippen LogP contribution in [0.15, 0.2) is 41.4 Å². The molecule has 0 aliphatic heterocycles. The summed E-state index contributed by atoms with van der Waals surface area (Å²) >= 11 is 4.74. The van der Waals surface area contributed by atoms with Gasteiger partial charge >= 0.3 is 0 Å². The predicted octanol–water partition coefficient (Wildman–Crippen LogP) is 8.29. The monoisotopic (exact) mass is 415 g/mol. The second-order valence-corrected chi connectivity index (χ2v) is 8.93. The number of aliphatic imine (C=N–C) groups is 1. The zero-order valence-electron chi connectivity index (χ0n) is 18.6. The molecule has 0 aromatic heterocycles. The van der Waals surface area contributed by atoms with Crippen LogP contribution in [-0.4, -0.2) is 5.16 Å². The molecule has 3 rings (SSSR count). The molecule has 0 bridgehead atoms. The summed E-state index contributed by atoms with van der Waals surface area (Å²) in [6.45, 7) is 6.37. The molecule has 0 atom stereocenters. The number of nitrogens with zero attached hydrogens (tertiary/aromatic N) is 1. The Morgan fingerprint density at radius 2 is 1.53 bits per heavy atom. The summed E-state index contributed by atoms with van der Waals surface area (Å²) in [5.41, 5.74) is 6.64. The van der Waals surface area contributed by atoms with Gasteiger partial charge in [0, 0.05) is 11.1 Å². The minimum absolute atomic E-state index is 0.731. The maximum absolute atomic E-state index is 4.74. The molecule has 0 unspecified atom stereocenters. The fourth-order valence-corrected chi connectivity index (χ4v) is 4.79. The van der Waals surface area contributed by atoms with Crippen LogP contribution in [-0.2, 0) is 0 Å². The van der Waals surface area contributed by atoms with E-state index in [-0.39, 0.29) is 0 Å². The molecule has 0 saturated heterocycles. The standard InChI is InChI=1S/C28H33NS/c1-4-5-6-7-23-10-14-26(15-11-23)27-16-12-24(13-17-27)8-9-25-18-21(2)28(29-20-30)22(3)19-25/h12-13,16-19,23,26H,4-7,10-11,14-15H2,1-3H3. The smallest absolute Gasteiger partial charge is 0.0798 e. The second-order valence-electron chi connectivity index (χ2n) is 8.75. The number of hydrogen-bond donors (Lipinski definition) is 0. The van der Waals surface area contributed by atoms with E-state index in [9.17, 15) is 0 Å². The van der Waals surface area contributed by atoms with Crippen molar-refractivity contribution >= 4 is 23.1 Å². The van der Waals surface area contributed by atoms with Crippen molar-refractivity contribution in [3.8, 4) is 11.8 Å². The van der Waals surface area contributed by atoms with E-state index in [0.717, 1.165) is 39.8 Å². The Morgan fingerprint density at radius 3 is 2.13 bits per heavy atom. The molecule has 0 radical (unpaired) electrons. The highest BCUT2D eigenvalue weighted by Crippen LogP contribution is 2.37. The first-order valence-electron chi connectivity index (χ1n) is 11.4. The van der Waals surface area contributed by atoms with Gasteiger partial charge in [0.1, 0.15) is 0 Å². The summed E-state index contributed by atoms with van der Waals surface area (Å²) in [7, 11) is 0. The van der Waals surface area contributed by atoms with E-state index in [1.807, 2.05) is 13.8 Å². The summed E-state index contributed by atoms with van der Waals surface area (Å²) in [4.78, 5) is 4.16. The van der Waals surface area contributed by atoms with Crippen molar-refractivity contribution in [2.45, 2.75) is 78.1 Å². The summed E-state index contributed by atoms with van der Waals surface area (Å²) in [6, 6.07) is 13.1. The van der Waals surface area contributed by atoms with Crippen LogP contribution >= 0.6 is 12.2 Å². The van der Waals surface area contributed by atoms with E-state index < -0.39 is 0 Å². The molecule has 1 saturated carbocycles. The van der Waals surface area contributed by atoms with Gasteiger partial charge in [-0.1, -0.05) is 56.6 Å². The Kier molecular flexibility index (Phi) is 8.44. The van der Waals surface area contributed by atoms with Gasteiger partial charge in [-0.25, -0.2) is 0 Å². The molecule has 30 heavy (non-hydrogen) atoms. The van der Waals surface area contributed by atoms with Crippen LogP contribution in [0.5, 0.6) is 0 Å². The van der Waals surface area contributed by atoms with Crippen molar-refractivity contribution < 1.29 is 0 Å². The third kappa shape index (κ3) is 6.15. The molecule has 0 heterocycles. The van der Waals surface area contributed by atoms with Crippen LogP contribution in [0.3, 0.4) is 0 Å². The lowest BCUT2D eigenvalue weighted by atomic mass is 9.77. The second kappa shape index (κ2) is 11.3. The Morgan fingerprint density at radius 1 is 0.900 bits per heavy atom. The number of rotatable bonds is 6. The van der Waals surface area contributed by atoms with Gasteiger partial charge in [0.15, 0.2) is 0 Å². The quantitative estimate of drug-likeness (QED) is 0.200. The number of unbranched alkanes of at least 4 members (excludes halogenated alkanes) is 2. The molecule has 0 spiro atoms. The van der Waals surface area contributed by atoms with Crippen LogP contribution in [0.25, 0.3) is 0 Å². The minimum atomic E-state index is 0.731. The van der Waals surface area contributed by atoms with Crippen LogP contribution in [0.1, 0.15) is 92.0 Å². The molecular weight excluding hydrogens is 382 g/mol. The van der Waals surface area contributed by atoms with Crippen LogP contribution < -0.4 is 0 Å². The molecule has 2 heteroatoms. The Labute approximate surface area is 188 Å². The first-order chi connectivity index (χ1) is 14.6. The molecule has 1 aliphatic carbocycles. The third-order valence-electron chi connectivity index (χ3n) is 6.44. The number of aryl methyl sites for hydroxylation is 2. The molecule has 1 fully saturated rings. The Balaban J connectivity index is 1.61. The fourth-order valence-electron chi connectivity index (χ4n) is 4.70. The molecule has 1 nitrogen and oxygen atoms in total. The Bertz CT molecular complexity index is 923. The van der Waals surface area contributed by atoms with Gasteiger partial charge in [-0.3, -0.25) is 0 Å². The van der Waals surface area contributed by atoms with Crippen LogP contribution in [0, 0.1) is 31.6 Å². The molecule has 2 aromatic rings. The molecular formula is C28H33NS. The summed E-state index contributed by atoms with van der Waals surface area (Å²) in [5, 5.41) is 2.46. The van der Waals surface area contributed by atoms with Gasteiger partial charge in [0.05, 0.1) is 10.8 Å². The lowest BCUT2D eigenvalue weighted by molar-refractivity contribution is 0.303. The average molecular weight is 416 g/mol. The molecule has 156 valence electrons. The lowest BCUT2D eigenvalue weighted by Crippen LogP contribution is -2.13. The van der Waals surface area contributed by atoms with E-state index in [2.05, 4.69) is 65.3 Å². The van der Waals surface area contributed by atoms with Gasteiger partial charge in [0.2, 0.25) is 0 Å². The van der Waals surface area contributed by atoms with E-state index in [4.69, 9.17) is 12.2 Å². The number of hydrogen-bond acceptors (Lipinski definition) is 2. The Hall–Kier alpha value is -2.20. The highest BCUT2D eigenvalue weighted by molar-refractivity contribution is 7.78. The van der Waals surface area contributed by atoms with Gasteiger partial charge in [-0.15, -0.1) is 0 Å². The number of isothiocyanates is 1. The zero-order chi connectivity index (χ0) is 21.3. The number of thiocarbonyl (C=S) groups is 1. The van der Waals surface area contributed by atoms with Gasteiger partial charge in [-0.05, 0) is 105 Å². The average Bonchev–Trinajstić information content (AvgIpc) is 2.76.